The van der Waals surface area contributed by atoms with E-state index in [9.17, 15) is 4.79 Å². The molecule has 0 saturated carbocycles. The third-order valence-corrected chi connectivity index (χ3v) is 7.79. The van der Waals surface area contributed by atoms with Crippen LogP contribution < -0.4 is 14.8 Å². The van der Waals surface area contributed by atoms with E-state index in [1.807, 2.05) is 24.1 Å². The van der Waals surface area contributed by atoms with Gasteiger partial charge in [0.15, 0.2) is 11.5 Å². The van der Waals surface area contributed by atoms with Gasteiger partial charge in [-0.15, -0.1) is 0 Å². The lowest BCUT2D eigenvalue weighted by Gasteiger charge is -2.30. The van der Waals surface area contributed by atoms with Crippen molar-refractivity contribution in [3.05, 3.63) is 41.6 Å². The number of methoxy groups -OCH3 is 1. The number of carbonyl (C=O) groups excluding carboxylic acids is 1. The highest BCUT2D eigenvalue weighted by molar-refractivity contribution is 5.96. The molecule has 1 aromatic heterocycles. The Labute approximate surface area is 214 Å². The Kier molecular flexibility index (Phi) is 7.19. The number of pyridine rings is 1. The highest BCUT2D eigenvalue weighted by Crippen LogP contribution is 2.38. The van der Waals surface area contributed by atoms with Crippen molar-refractivity contribution in [1.29, 1.82) is 0 Å². The molecular weight excluding hydrogens is 452 g/mol. The van der Waals surface area contributed by atoms with E-state index in [2.05, 4.69) is 42.4 Å². The second kappa shape index (κ2) is 10.5. The summed E-state index contributed by atoms with van der Waals surface area (Å²) in [7, 11) is 5.74. The number of likely N-dealkylation sites (tertiary alicyclic amines) is 2. The van der Waals surface area contributed by atoms with E-state index in [4.69, 9.17) is 14.5 Å². The summed E-state index contributed by atoms with van der Waals surface area (Å²) in [6.07, 6.45) is 8.94. The van der Waals surface area contributed by atoms with Crippen LogP contribution in [0.1, 0.15) is 44.7 Å². The van der Waals surface area contributed by atoms with E-state index in [1.165, 1.54) is 11.1 Å². The van der Waals surface area contributed by atoms with Crippen molar-refractivity contribution < 1.29 is 14.3 Å². The number of rotatable bonds is 7. The number of fused-ring (bicyclic) bond motifs is 1. The normalized spacial score (nSPS) is 21.5. The van der Waals surface area contributed by atoms with Crippen molar-refractivity contribution in [2.75, 3.05) is 52.8 Å². The van der Waals surface area contributed by atoms with Crippen molar-refractivity contribution in [3.8, 4) is 11.5 Å². The zero-order valence-corrected chi connectivity index (χ0v) is 22.0. The quantitative estimate of drug-likeness (QED) is 0.605. The summed E-state index contributed by atoms with van der Waals surface area (Å²) in [6.45, 7) is 5.83. The van der Waals surface area contributed by atoms with Crippen LogP contribution in [0.15, 0.2) is 35.9 Å². The third-order valence-electron chi connectivity index (χ3n) is 7.79. The zero-order chi connectivity index (χ0) is 25.2. The molecule has 0 bridgehead atoms. The minimum Gasteiger partial charge on any atom is -0.493 e. The van der Waals surface area contributed by atoms with Crippen LogP contribution in [0.3, 0.4) is 0 Å². The van der Waals surface area contributed by atoms with E-state index in [-0.39, 0.29) is 11.9 Å². The number of carbonyl (C=O) groups is 1. The Morgan fingerprint density at radius 1 is 1.06 bits per heavy atom. The predicted octanol–water partition coefficient (Wildman–Crippen LogP) is 4.73. The average molecular weight is 491 g/mol. The lowest BCUT2D eigenvalue weighted by molar-refractivity contribution is -0.132. The maximum Gasteiger partial charge on any atom is 0.224 e. The lowest BCUT2D eigenvalue weighted by atomic mass is 9.98. The van der Waals surface area contributed by atoms with Gasteiger partial charge < -0.3 is 24.6 Å². The van der Waals surface area contributed by atoms with E-state index < -0.39 is 0 Å². The van der Waals surface area contributed by atoms with Gasteiger partial charge in [-0.3, -0.25) is 4.79 Å². The summed E-state index contributed by atoms with van der Waals surface area (Å²) in [5, 5.41) is 4.66. The molecule has 5 rings (SSSR count). The van der Waals surface area contributed by atoms with Gasteiger partial charge in [-0.25, -0.2) is 4.98 Å². The summed E-state index contributed by atoms with van der Waals surface area (Å²) in [4.78, 5) is 21.6. The summed E-state index contributed by atoms with van der Waals surface area (Å²) in [6, 6.07) is 6.27. The van der Waals surface area contributed by atoms with Crippen LogP contribution in [0, 0.1) is 5.92 Å². The molecule has 192 valence electrons. The molecule has 2 fully saturated rings. The fourth-order valence-corrected chi connectivity index (χ4v) is 5.35. The summed E-state index contributed by atoms with van der Waals surface area (Å²) in [5.41, 5.74) is 5.37. The Balaban J connectivity index is 1.46. The van der Waals surface area contributed by atoms with Gasteiger partial charge in [0.2, 0.25) is 5.91 Å². The van der Waals surface area contributed by atoms with Crippen molar-refractivity contribution in [2.24, 2.45) is 5.92 Å². The molecule has 2 aromatic rings. The van der Waals surface area contributed by atoms with Gasteiger partial charge in [0.1, 0.15) is 0 Å². The number of nitrogens with one attached hydrogen (secondary N) is 1. The molecule has 1 unspecified atom stereocenters. The topological polar surface area (TPSA) is 66.9 Å². The van der Waals surface area contributed by atoms with Crippen LogP contribution in [-0.2, 0) is 4.79 Å². The fourth-order valence-electron chi connectivity index (χ4n) is 5.35. The van der Waals surface area contributed by atoms with Crippen LogP contribution in [0.5, 0.6) is 11.5 Å². The van der Waals surface area contributed by atoms with Crippen molar-refractivity contribution >= 4 is 28.1 Å². The number of nitrogens with zero attached hydrogens (tertiary/aromatic N) is 3. The first kappa shape index (κ1) is 24.6. The number of allylic oxidation sites excluding steroid dienone is 4. The number of benzene rings is 1. The zero-order valence-electron chi connectivity index (χ0n) is 22.0. The number of hydrogen-bond acceptors (Lipinski definition) is 6. The molecular formula is C29H38N4O3. The largest absolute Gasteiger partial charge is 0.493 e. The van der Waals surface area contributed by atoms with Crippen molar-refractivity contribution in [3.63, 3.8) is 0 Å². The van der Waals surface area contributed by atoms with Gasteiger partial charge in [-0.1, -0.05) is 17.7 Å². The van der Waals surface area contributed by atoms with Gasteiger partial charge in [0.25, 0.3) is 0 Å². The molecule has 0 radical (unpaired) electrons. The number of aromatic nitrogens is 1. The molecule has 2 aliphatic heterocycles. The Hall–Kier alpha value is -3.06. The van der Waals surface area contributed by atoms with Gasteiger partial charge in [-0.2, -0.15) is 0 Å². The maximum absolute atomic E-state index is 12.4. The molecule has 36 heavy (non-hydrogen) atoms. The maximum atomic E-state index is 12.4. The molecule has 1 N–H and O–H groups in total. The van der Waals surface area contributed by atoms with Gasteiger partial charge in [0.05, 0.1) is 24.9 Å². The number of amides is 1. The van der Waals surface area contributed by atoms with E-state index >= 15 is 0 Å². The molecule has 1 aliphatic carbocycles. The lowest BCUT2D eigenvalue weighted by Crippen LogP contribution is -2.41. The van der Waals surface area contributed by atoms with Crippen LogP contribution in [-0.4, -0.2) is 74.2 Å². The van der Waals surface area contributed by atoms with Crippen LogP contribution in [0.25, 0.3) is 16.5 Å². The molecule has 1 amide bonds. The average Bonchev–Trinajstić information content (AvgIpc) is 3.31. The molecule has 7 nitrogen and oxygen atoms in total. The van der Waals surface area contributed by atoms with Crippen LogP contribution in [0.4, 0.5) is 5.69 Å². The van der Waals surface area contributed by atoms with Crippen LogP contribution >= 0.6 is 0 Å². The van der Waals surface area contributed by atoms with E-state index in [0.29, 0.717) is 24.7 Å². The smallest absolute Gasteiger partial charge is 0.224 e. The first-order valence-corrected chi connectivity index (χ1v) is 13.1. The summed E-state index contributed by atoms with van der Waals surface area (Å²) < 4.78 is 12.1. The molecule has 2 saturated heterocycles. The van der Waals surface area contributed by atoms with Crippen molar-refractivity contribution in [1.82, 2.24) is 14.8 Å². The third kappa shape index (κ3) is 5.36. The minimum absolute atomic E-state index is 0.0934. The van der Waals surface area contributed by atoms with Crippen molar-refractivity contribution in [2.45, 2.75) is 45.1 Å². The van der Waals surface area contributed by atoms with E-state index in [1.54, 1.807) is 7.11 Å². The highest BCUT2D eigenvalue weighted by atomic mass is 16.5. The number of hydrogen-bond donors (Lipinski definition) is 1. The summed E-state index contributed by atoms with van der Waals surface area (Å²) >= 11 is 0. The molecule has 1 aromatic carbocycles. The van der Waals surface area contributed by atoms with Gasteiger partial charge >= 0.3 is 0 Å². The Bertz CT molecular complexity index is 1200. The minimum atomic E-state index is 0.0934. The van der Waals surface area contributed by atoms with Gasteiger partial charge in [-0.05, 0) is 76.4 Å². The van der Waals surface area contributed by atoms with E-state index in [0.717, 1.165) is 73.4 Å². The summed E-state index contributed by atoms with van der Waals surface area (Å²) in [5.74, 6) is 2.18. The molecule has 3 heterocycles. The standard InChI is InChI=1S/C29H38N4O3/c1-19-5-6-21(13-19)24-16-25(30-22-9-12-33(3)29(34)14-22)23-15-27(35-4)28(17-26(23)31-24)36-18-20-7-10-32(2)11-8-20/h5-6,15-17,20,22H,7-14,18H2,1-4H3,(H,30,31). The fraction of sp³-hybridized carbons (Fsp3) is 0.517. The Morgan fingerprint density at radius 2 is 1.86 bits per heavy atom. The highest BCUT2D eigenvalue weighted by Gasteiger charge is 2.25. The van der Waals surface area contributed by atoms with Crippen LogP contribution in [0.2, 0.25) is 0 Å². The van der Waals surface area contributed by atoms with Gasteiger partial charge in [0, 0.05) is 43.2 Å². The second-order valence-electron chi connectivity index (χ2n) is 10.7. The molecule has 0 spiro atoms. The monoisotopic (exact) mass is 490 g/mol. The first-order chi connectivity index (χ1) is 17.4. The molecule has 1 atom stereocenters. The SMILES string of the molecule is COc1cc2c(NC3CCN(C)C(=O)C3)cc(C3=CC=C(C)C3)nc2cc1OCC1CCN(C)CC1. The second-order valence-corrected chi connectivity index (χ2v) is 10.7. The first-order valence-electron chi connectivity index (χ1n) is 13.1. The molecule has 3 aliphatic rings. The number of piperidine rings is 2. The predicted molar refractivity (Wildman–Crippen MR) is 145 cm³/mol. The number of ether oxygens (including phenoxy) is 2. The number of anilines is 1. The Morgan fingerprint density at radius 3 is 2.56 bits per heavy atom. The molecule has 7 heteroatoms.